The molecule has 137 heavy (non-hydrogen) atoms. The molecule has 41 heteroatoms. The number of fused-ring (bicyclic) bond motifs is 6. The summed E-state index contributed by atoms with van der Waals surface area (Å²) in [6.07, 6.45) is 16.4. The number of methoxy groups -OCH3 is 4. The second kappa shape index (κ2) is 46.6. The van der Waals surface area contributed by atoms with Crippen molar-refractivity contribution in [1.29, 1.82) is 0 Å². The molecule has 18 rings (SSSR count). The monoisotopic (exact) mass is 2020 g/mol. The standard InChI is InChI=1S/C48H54F2N8O7.C41H45N7O3.C7H11F2NO5.6ClH/c1-26(2)39(56-47(62)64-4)44(60)58-34-14-13-33(21-34)40(58)42-52-23-36(54-42)28-7-5-27(6-8-28)29-9-10-31-20-32(12-11-30(31)19-29)37-24-51-41(53-37)38-22-48(16-17-48)25-57(38)43(59)35(55-46(61)63-3)15-18-65-45(49)50;1-23(2)35(47-40(50)51-3)39(49)48-31-13-12-30(18-31)36(48)38-43-20-33(46-38)25-6-4-24(5-7-25)26-8-9-28-17-29(11-10-27(28)16-26)34-21-42-37(45-34)32-19-41(14-15-41)22-44-32;1-14-7(13)10-4(5(11)12)2-3-15-6(8)9;;;;;;/h5-12,19-20,23-24,26,33-35,38-40,45H,13-18,21-22,25H2,1-4H3,(H,51,53)(H,52,54)(H,55,61)(H,56,62);4-11,16-17,20-21,23,30-32,35-36,44H,12-15,18-19,22H2,1-3H3,(H,42,45)(H,43,46)(H,47,50);4,6H,2-3H2,1H3,(H,10,13)(H,11,12);6*1H/t33-,34+,35-,38-,39-,40-;30-,31+,32-,35-,36-;4-;;;;;;/m000....../s1. The maximum Gasteiger partial charge on any atom is 0.407 e. The number of amides is 7. The summed E-state index contributed by atoms with van der Waals surface area (Å²) >= 11 is 0. The van der Waals surface area contributed by atoms with E-state index in [0.717, 1.165) is 161 Å². The lowest BCUT2D eigenvalue weighted by Crippen LogP contribution is -2.54. The van der Waals surface area contributed by atoms with Gasteiger partial charge in [0, 0.05) is 49.1 Å². The van der Waals surface area contributed by atoms with Crippen molar-refractivity contribution < 1.29 is 89.4 Å². The number of H-pyrrole nitrogens is 4. The van der Waals surface area contributed by atoms with Crippen molar-refractivity contribution in [2.45, 2.75) is 191 Å². The van der Waals surface area contributed by atoms with Crippen molar-refractivity contribution in [3.63, 3.8) is 0 Å². The Morgan fingerprint density at radius 1 is 0.431 bits per heavy atom. The summed E-state index contributed by atoms with van der Waals surface area (Å²) in [6, 6.07) is 38.7. The molecule has 8 aliphatic rings. The molecule has 7 amide bonds. The number of aromatic nitrogens is 8. The second-order valence-electron chi connectivity index (χ2n) is 36.4. The molecule has 4 saturated carbocycles. The molecule has 4 aliphatic carbocycles. The number of imidazole rings is 4. The molecule has 0 radical (unpaired) electrons. The van der Waals surface area contributed by atoms with Gasteiger partial charge >= 0.3 is 43.6 Å². The summed E-state index contributed by atoms with van der Waals surface area (Å²) in [5.41, 5.74) is 12.6. The molecule has 4 aromatic heterocycles. The lowest BCUT2D eigenvalue weighted by molar-refractivity contribution is -0.145. The zero-order valence-electron chi connectivity index (χ0n) is 76.6. The number of alkyl halides is 4. The molecular formula is C96H116Cl6F4N16O15. The Morgan fingerprint density at radius 2 is 0.781 bits per heavy atom. The van der Waals surface area contributed by atoms with Gasteiger partial charge < -0.3 is 94.7 Å². The molecule has 31 nitrogen and oxygen atoms in total. The fraction of sp³-hybridized carbons (Fsp3) is 0.458. The van der Waals surface area contributed by atoms with E-state index in [1.807, 2.05) is 67.5 Å². The lowest BCUT2D eigenvalue weighted by Gasteiger charge is -2.37. The number of halogens is 10. The average molecular weight is 2020 g/mol. The lowest BCUT2D eigenvalue weighted by atomic mass is 9.95. The number of ether oxygens (including phenoxy) is 6. The summed E-state index contributed by atoms with van der Waals surface area (Å²) in [7, 11) is 4.85. The SMILES string of the molecule is COC(=O)N[C@@H](CCOC(F)F)C(=O)N1CC2(CC2)C[C@H]1c1ncc(-c2ccc3cc(-c4ccc(-c5cnc([C@@H]6[C@H]7CC[C@H](C7)N6C(=O)[C@@H](NC(=O)OC)C(C)C)[nH]5)cc4)ccc3c2)[nH]1.COC(=O)N[C@@H](CCOC(F)F)C(=O)O.COC(=O)N[C@H](C(=O)N1[C@@H]2CC[C@@H](C2)[C@H]1c1ncc(-c2ccc(-c3ccc4cc(-c5cnc([C@@H]6CC7(CC7)CN6)[nH]5)ccc4c3)cc2)[nH]1)C(C)C.Cl.Cl.Cl.Cl.Cl.Cl. The van der Waals surface area contributed by atoms with Crippen molar-refractivity contribution >= 4 is 144 Å². The van der Waals surface area contributed by atoms with Gasteiger partial charge in [0.15, 0.2) is 0 Å². The van der Waals surface area contributed by atoms with Crippen LogP contribution < -0.4 is 26.6 Å². The van der Waals surface area contributed by atoms with Crippen LogP contribution in [0, 0.1) is 34.5 Å². The molecular weight excluding hydrogens is 1910 g/mol. The molecule has 4 saturated heterocycles. The van der Waals surface area contributed by atoms with Gasteiger partial charge in [-0.15, -0.1) is 74.4 Å². The summed E-state index contributed by atoms with van der Waals surface area (Å²) in [5, 5.41) is 26.7. The number of carbonyl (C=O) groups is 8. The van der Waals surface area contributed by atoms with Gasteiger partial charge in [0.1, 0.15) is 47.5 Å². The van der Waals surface area contributed by atoms with Gasteiger partial charge in [-0.2, -0.15) is 17.6 Å². The molecule has 740 valence electrons. The number of benzene rings is 6. The zero-order valence-corrected chi connectivity index (χ0v) is 81.5. The number of rotatable bonds is 28. The van der Waals surface area contributed by atoms with E-state index in [9.17, 15) is 55.9 Å². The molecule has 6 aromatic carbocycles. The summed E-state index contributed by atoms with van der Waals surface area (Å²) < 4.78 is 75.3. The van der Waals surface area contributed by atoms with Gasteiger partial charge in [-0.1, -0.05) is 125 Å². The van der Waals surface area contributed by atoms with E-state index in [-0.39, 0.29) is 147 Å². The average Bonchev–Trinajstić information content (AvgIpc) is 1.60. The minimum atomic E-state index is -2.99. The zero-order chi connectivity index (χ0) is 92.3. The fourth-order valence-corrected chi connectivity index (χ4v) is 19.9. The van der Waals surface area contributed by atoms with E-state index in [4.69, 9.17) is 39.3 Å². The van der Waals surface area contributed by atoms with E-state index < -0.39 is 86.9 Å². The number of carboxylic acid groups (broad SMARTS) is 1. The number of hydrogen-bond donors (Lipinski definition) is 10. The highest BCUT2D eigenvalue weighted by atomic mass is 35.5. The number of hydrogen-bond acceptors (Lipinski definition) is 19. The highest BCUT2D eigenvalue weighted by Crippen LogP contribution is 2.59. The van der Waals surface area contributed by atoms with Crippen molar-refractivity contribution in [2.75, 3.05) is 54.7 Å². The van der Waals surface area contributed by atoms with Crippen molar-refractivity contribution in [3.05, 3.63) is 169 Å². The fourth-order valence-electron chi connectivity index (χ4n) is 19.9. The molecule has 10 N–H and O–H groups in total. The third-order valence-electron chi connectivity index (χ3n) is 27.3. The van der Waals surface area contributed by atoms with E-state index in [0.29, 0.717) is 42.1 Å². The third kappa shape index (κ3) is 24.5. The first-order valence-electron chi connectivity index (χ1n) is 44.7. The second-order valence-corrected chi connectivity index (χ2v) is 36.4. The number of nitrogens with one attached hydrogen (secondary N) is 9. The Balaban J connectivity index is 0.000000241. The van der Waals surface area contributed by atoms with Crippen LogP contribution in [0.1, 0.15) is 165 Å². The Hall–Kier alpha value is -11.0. The van der Waals surface area contributed by atoms with Crippen LogP contribution in [0.25, 0.3) is 88.8 Å². The van der Waals surface area contributed by atoms with Crippen molar-refractivity contribution in [1.82, 2.24) is 81.2 Å². The van der Waals surface area contributed by atoms with Crippen LogP contribution in [0.4, 0.5) is 36.7 Å². The molecule has 8 fully saturated rings. The molecule has 10 aromatic rings. The summed E-state index contributed by atoms with van der Waals surface area (Å²) in [5.74, 6) is 1.75. The van der Waals surface area contributed by atoms with Crippen LogP contribution in [-0.4, -0.2) is 212 Å². The first kappa shape index (κ1) is 108. The smallest absolute Gasteiger partial charge is 0.407 e. The Bertz CT molecular complexity index is 5850. The first-order valence-corrected chi connectivity index (χ1v) is 44.7. The van der Waals surface area contributed by atoms with Gasteiger partial charge in [-0.05, 0) is 191 Å². The van der Waals surface area contributed by atoms with Crippen LogP contribution in [-0.2, 0) is 47.6 Å². The number of nitrogens with zero attached hydrogens (tertiary/aromatic N) is 7. The molecule has 2 spiro atoms. The number of alkyl carbamates (subject to hydrolysis) is 4. The molecule has 0 unspecified atom stereocenters. The van der Waals surface area contributed by atoms with E-state index in [1.165, 1.54) is 51.4 Å². The largest absolute Gasteiger partial charge is 0.480 e. The van der Waals surface area contributed by atoms with Gasteiger partial charge in [0.25, 0.3) is 0 Å². The van der Waals surface area contributed by atoms with Gasteiger partial charge in [0.2, 0.25) is 17.7 Å². The van der Waals surface area contributed by atoms with Gasteiger partial charge in [-0.25, -0.2) is 43.9 Å². The van der Waals surface area contributed by atoms with Crippen LogP contribution in [0.15, 0.2) is 146 Å². The maximum absolute atomic E-state index is 14.0. The summed E-state index contributed by atoms with van der Waals surface area (Å²) in [4.78, 5) is 138. The number of carboxylic acids is 1. The minimum Gasteiger partial charge on any atom is -0.480 e. The highest BCUT2D eigenvalue weighted by Gasteiger charge is 2.57. The number of piperidine rings is 2. The predicted octanol–water partition coefficient (Wildman–Crippen LogP) is 18.6. The first-order chi connectivity index (χ1) is 63.1. The van der Waals surface area contributed by atoms with Crippen LogP contribution in [0.3, 0.4) is 0 Å². The van der Waals surface area contributed by atoms with Crippen LogP contribution >= 0.6 is 74.4 Å². The minimum absolute atomic E-state index is 0. The quantitative estimate of drug-likeness (QED) is 0.0161. The highest BCUT2D eigenvalue weighted by molar-refractivity contribution is 5.94. The number of likely N-dealkylation sites (tertiary alicyclic amines) is 3. The predicted molar refractivity (Wildman–Crippen MR) is 520 cm³/mol. The third-order valence-corrected chi connectivity index (χ3v) is 27.3. The van der Waals surface area contributed by atoms with E-state index in [2.05, 4.69) is 171 Å². The summed E-state index contributed by atoms with van der Waals surface area (Å²) in [6.45, 7) is 2.48. The Labute approximate surface area is 826 Å². The Morgan fingerprint density at radius 3 is 1.18 bits per heavy atom. The van der Waals surface area contributed by atoms with Gasteiger partial charge in [0.05, 0.1) is 113 Å². The topological polar surface area (TPSA) is 397 Å². The molecule has 4 aliphatic heterocycles. The Kier molecular flexibility index (Phi) is 36.8. The van der Waals surface area contributed by atoms with Crippen molar-refractivity contribution in [2.24, 2.45) is 34.5 Å². The van der Waals surface area contributed by atoms with E-state index in [1.54, 1.807) is 11.1 Å². The van der Waals surface area contributed by atoms with Crippen molar-refractivity contribution in [3.8, 4) is 67.3 Å². The molecule has 4 bridgehead atoms. The number of carbonyl (C=O) groups excluding carboxylic acids is 7. The molecule has 8 heterocycles. The number of aliphatic carboxylic acids is 1. The number of aromatic amines is 4. The van der Waals surface area contributed by atoms with Gasteiger partial charge in [-0.3, -0.25) is 14.4 Å². The van der Waals surface area contributed by atoms with E-state index >= 15 is 0 Å². The maximum atomic E-state index is 14.0. The van der Waals surface area contributed by atoms with Crippen LogP contribution in [0.2, 0.25) is 0 Å². The molecule has 12 atom stereocenters. The normalized spacial score (nSPS) is 20.4. The van der Waals surface area contributed by atoms with Crippen LogP contribution in [0.5, 0.6) is 0 Å².